The molecule has 0 aliphatic carbocycles. The summed E-state index contributed by atoms with van der Waals surface area (Å²) in [6.07, 6.45) is -0.291. The maximum absolute atomic E-state index is 13.2. The van der Waals surface area contributed by atoms with E-state index < -0.39 is 11.7 Å². The molecule has 0 bridgehead atoms. The molecule has 3 rings (SSSR count). The van der Waals surface area contributed by atoms with E-state index in [-0.39, 0.29) is 18.3 Å². The Labute approximate surface area is 143 Å². The van der Waals surface area contributed by atoms with Crippen molar-refractivity contribution in [3.05, 3.63) is 41.2 Å². The molecule has 1 aliphatic heterocycles. The van der Waals surface area contributed by atoms with Crippen LogP contribution in [0, 0.1) is 0 Å². The molecule has 0 saturated carbocycles. The molecule has 1 saturated heterocycles. The summed E-state index contributed by atoms with van der Waals surface area (Å²) in [4.78, 5) is 10.4. The summed E-state index contributed by atoms with van der Waals surface area (Å²) in [5.74, 6) is 1.20. The van der Waals surface area contributed by atoms with Gasteiger partial charge in [-0.15, -0.1) is 0 Å². The van der Waals surface area contributed by atoms with E-state index in [1.807, 2.05) is 4.90 Å². The first-order chi connectivity index (χ1) is 12.0. The number of nitrogens with one attached hydrogen (secondary N) is 1. The largest absolute Gasteiger partial charge is 0.418 e. The minimum atomic E-state index is -4.41. The molecule has 1 aliphatic rings. The number of pyridine rings is 1. The molecular weight excluding hydrogens is 335 g/mol. The van der Waals surface area contributed by atoms with Crippen LogP contribution in [0.3, 0.4) is 0 Å². The van der Waals surface area contributed by atoms with Gasteiger partial charge in [-0.05, 0) is 31.5 Å². The third-order valence-electron chi connectivity index (χ3n) is 4.29. The lowest BCUT2D eigenvalue weighted by Gasteiger charge is -2.34. The highest BCUT2D eigenvalue weighted by atomic mass is 19.4. The first kappa shape index (κ1) is 17.8. The van der Waals surface area contributed by atoms with Crippen molar-refractivity contribution in [2.45, 2.75) is 44.6 Å². The average Bonchev–Trinajstić information content (AvgIpc) is 3.04. The number of likely N-dealkylation sites (tertiary alicyclic amines) is 1. The van der Waals surface area contributed by atoms with Crippen LogP contribution in [0.4, 0.5) is 13.2 Å². The van der Waals surface area contributed by atoms with Crippen molar-refractivity contribution in [3.8, 4) is 0 Å². The number of halogens is 3. The molecule has 1 atom stereocenters. The van der Waals surface area contributed by atoms with Crippen LogP contribution in [-0.2, 0) is 24.1 Å². The van der Waals surface area contributed by atoms with Gasteiger partial charge in [0.1, 0.15) is 6.61 Å². The Hall–Kier alpha value is -2.00. The fraction of sp³-hybridized carbons (Fsp3) is 0.562. The fourth-order valence-corrected chi connectivity index (χ4v) is 3.15. The first-order valence-electron chi connectivity index (χ1n) is 8.14. The summed E-state index contributed by atoms with van der Waals surface area (Å²) in [5, 5.41) is 7.04. The molecule has 0 aromatic carbocycles. The lowest BCUT2D eigenvalue weighted by molar-refractivity contribution is -0.138. The van der Waals surface area contributed by atoms with Gasteiger partial charge in [-0.2, -0.15) is 18.3 Å². The minimum Gasteiger partial charge on any atom is -0.377 e. The molecule has 2 aromatic rings. The number of aromatic nitrogens is 4. The van der Waals surface area contributed by atoms with E-state index in [1.54, 1.807) is 7.11 Å². The van der Waals surface area contributed by atoms with Crippen LogP contribution in [0.25, 0.3) is 0 Å². The summed E-state index contributed by atoms with van der Waals surface area (Å²) in [7, 11) is 1.56. The third kappa shape index (κ3) is 4.16. The predicted octanol–water partition coefficient (Wildman–Crippen LogP) is 3.09. The standard InChI is InChI=1S/C16H20F3N5O/c1-25-10-14-21-15(23-22-14)13-6-2-3-8-24(13)9-12-11(16(17,18)19)5-4-7-20-12/h4-5,7,13H,2-3,6,8-10H2,1H3,(H,21,22,23)/t13-/m1/s1. The maximum Gasteiger partial charge on any atom is 0.418 e. The van der Waals surface area contributed by atoms with Gasteiger partial charge in [0.25, 0.3) is 0 Å². The lowest BCUT2D eigenvalue weighted by atomic mass is 10.0. The Balaban J connectivity index is 1.82. The Bertz CT molecular complexity index is 703. The molecule has 1 fully saturated rings. The smallest absolute Gasteiger partial charge is 0.377 e. The van der Waals surface area contributed by atoms with E-state index in [2.05, 4.69) is 20.2 Å². The monoisotopic (exact) mass is 355 g/mol. The number of rotatable bonds is 5. The van der Waals surface area contributed by atoms with Crippen LogP contribution in [0.2, 0.25) is 0 Å². The number of aromatic amines is 1. The van der Waals surface area contributed by atoms with Crippen LogP contribution in [0.5, 0.6) is 0 Å². The van der Waals surface area contributed by atoms with E-state index >= 15 is 0 Å². The Kier molecular flexibility index (Phi) is 5.33. The number of nitrogens with zero attached hydrogens (tertiary/aromatic N) is 4. The van der Waals surface area contributed by atoms with Gasteiger partial charge in [0.15, 0.2) is 11.6 Å². The minimum absolute atomic E-state index is 0.0366. The van der Waals surface area contributed by atoms with Crippen molar-refractivity contribution in [1.82, 2.24) is 25.1 Å². The fourth-order valence-electron chi connectivity index (χ4n) is 3.15. The molecule has 2 aromatic heterocycles. The lowest BCUT2D eigenvalue weighted by Crippen LogP contribution is -2.34. The zero-order valence-corrected chi connectivity index (χ0v) is 13.9. The first-order valence-corrected chi connectivity index (χ1v) is 8.14. The molecule has 0 spiro atoms. The Morgan fingerprint density at radius 1 is 1.36 bits per heavy atom. The molecule has 9 heteroatoms. The number of piperidine rings is 1. The molecular formula is C16H20F3N5O. The Morgan fingerprint density at radius 3 is 2.96 bits per heavy atom. The number of H-pyrrole nitrogens is 1. The van der Waals surface area contributed by atoms with Gasteiger partial charge in [0.2, 0.25) is 0 Å². The van der Waals surface area contributed by atoms with Crippen molar-refractivity contribution in [2.75, 3.05) is 13.7 Å². The van der Waals surface area contributed by atoms with Gasteiger partial charge < -0.3 is 4.74 Å². The van der Waals surface area contributed by atoms with Gasteiger partial charge in [-0.1, -0.05) is 6.42 Å². The number of hydrogen-bond donors (Lipinski definition) is 1. The summed E-state index contributed by atoms with van der Waals surface area (Å²) in [6.45, 7) is 1.12. The van der Waals surface area contributed by atoms with E-state index in [4.69, 9.17) is 4.74 Å². The number of alkyl halides is 3. The molecule has 0 radical (unpaired) electrons. The zero-order valence-electron chi connectivity index (χ0n) is 13.9. The van der Waals surface area contributed by atoms with Gasteiger partial charge >= 0.3 is 6.18 Å². The number of ether oxygens (including phenoxy) is 1. The molecule has 136 valence electrons. The summed E-state index contributed by atoms with van der Waals surface area (Å²) in [6, 6.07) is 2.26. The highest BCUT2D eigenvalue weighted by Crippen LogP contribution is 2.34. The summed E-state index contributed by atoms with van der Waals surface area (Å²) in [5.41, 5.74) is -0.649. The second-order valence-electron chi connectivity index (χ2n) is 6.05. The third-order valence-corrected chi connectivity index (χ3v) is 4.29. The van der Waals surface area contributed by atoms with Gasteiger partial charge in [0.05, 0.1) is 17.3 Å². The normalized spacial score (nSPS) is 19.3. The zero-order chi connectivity index (χ0) is 17.9. The second kappa shape index (κ2) is 7.49. The molecule has 25 heavy (non-hydrogen) atoms. The average molecular weight is 355 g/mol. The van der Waals surface area contributed by atoms with Crippen LogP contribution in [0.1, 0.15) is 48.2 Å². The van der Waals surface area contributed by atoms with Gasteiger partial charge in [0, 0.05) is 19.9 Å². The molecule has 3 heterocycles. The molecule has 1 N–H and O–H groups in total. The van der Waals surface area contributed by atoms with Crippen LogP contribution < -0.4 is 0 Å². The predicted molar refractivity (Wildman–Crippen MR) is 83.3 cm³/mol. The topological polar surface area (TPSA) is 66.9 Å². The highest BCUT2D eigenvalue weighted by Gasteiger charge is 2.35. The van der Waals surface area contributed by atoms with E-state index in [0.29, 0.717) is 24.8 Å². The molecule has 0 unspecified atom stereocenters. The van der Waals surface area contributed by atoms with Crippen molar-refractivity contribution < 1.29 is 17.9 Å². The van der Waals surface area contributed by atoms with Gasteiger partial charge in [-0.25, -0.2) is 4.98 Å². The van der Waals surface area contributed by atoms with Crippen molar-refractivity contribution in [3.63, 3.8) is 0 Å². The summed E-state index contributed by atoms with van der Waals surface area (Å²) < 4.78 is 44.6. The SMILES string of the molecule is COCc1nc([C@H]2CCCCN2Cc2ncccc2C(F)(F)F)n[nH]1. The molecule has 6 nitrogen and oxygen atoms in total. The van der Waals surface area contributed by atoms with Crippen LogP contribution in [-0.4, -0.2) is 38.7 Å². The highest BCUT2D eigenvalue weighted by molar-refractivity contribution is 5.23. The Morgan fingerprint density at radius 2 is 2.20 bits per heavy atom. The van der Waals surface area contributed by atoms with Crippen molar-refractivity contribution >= 4 is 0 Å². The quantitative estimate of drug-likeness (QED) is 0.893. The van der Waals surface area contributed by atoms with E-state index in [0.717, 1.165) is 25.3 Å². The van der Waals surface area contributed by atoms with Crippen molar-refractivity contribution in [1.29, 1.82) is 0 Å². The number of methoxy groups -OCH3 is 1. The van der Waals surface area contributed by atoms with E-state index in [1.165, 1.54) is 12.3 Å². The van der Waals surface area contributed by atoms with Gasteiger partial charge in [-0.3, -0.25) is 15.0 Å². The second-order valence-corrected chi connectivity index (χ2v) is 6.05. The van der Waals surface area contributed by atoms with E-state index in [9.17, 15) is 13.2 Å². The van der Waals surface area contributed by atoms with Crippen molar-refractivity contribution in [2.24, 2.45) is 0 Å². The van der Waals surface area contributed by atoms with Crippen LogP contribution >= 0.6 is 0 Å². The number of hydrogen-bond acceptors (Lipinski definition) is 5. The summed E-state index contributed by atoms with van der Waals surface area (Å²) >= 11 is 0. The molecule has 0 amide bonds. The van der Waals surface area contributed by atoms with Crippen LogP contribution in [0.15, 0.2) is 18.3 Å². The maximum atomic E-state index is 13.2.